The summed E-state index contributed by atoms with van der Waals surface area (Å²) in [5.41, 5.74) is 0. The Kier molecular flexibility index (Phi) is 18.5. The van der Waals surface area contributed by atoms with Crippen molar-refractivity contribution in [3.8, 4) is 0 Å². The first-order valence-electron chi connectivity index (χ1n) is 9.03. The molecule has 25 heavy (non-hydrogen) atoms. The third kappa shape index (κ3) is 14.7. The van der Waals surface area contributed by atoms with E-state index in [1.165, 1.54) is 0 Å². The average Bonchev–Trinajstić information content (AvgIpc) is 3.11. The topological polar surface area (TPSA) is 73.3 Å². The third-order valence-corrected chi connectivity index (χ3v) is 3.80. The standard InChI is InChI=1S/C17H35N3O4.HI/c1-18-17(19-7-3-4-9-22-13-12-21-2)20-8-5-10-23-14-16-6-11-24-15-16;/h16H,3-15H2,1-2H3,(H2,18,19,20);1H. The number of halogens is 1. The number of rotatable bonds is 14. The number of unbranched alkanes of at least 4 members (excludes halogenated alkanes) is 1. The molecule has 0 aliphatic carbocycles. The molecular formula is C17H36IN3O4. The van der Waals surface area contributed by atoms with E-state index in [1.807, 2.05) is 0 Å². The minimum atomic E-state index is 0. The quantitative estimate of drug-likeness (QED) is 0.173. The molecule has 8 heteroatoms. The highest BCUT2D eigenvalue weighted by atomic mass is 127. The molecule has 150 valence electrons. The van der Waals surface area contributed by atoms with Gasteiger partial charge in [0.05, 0.1) is 26.4 Å². The number of hydrogen-bond donors (Lipinski definition) is 2. The van der Waals surface area contributed by atoms with Crippen molar-refractivity contribution >= 4 is 29.9 Å². The van der Waals surface area contributed by atoms with E-state index in [2.05, 4.69) is 15.6 Å². The molecule has 1 fully saturated rings. The minimum Gasteiger partial charge on any atom is -0.382 e. The van der Waals surface area contributed by atoms with Crippen molar-refractivity contribution in [2.24, 2.45) is 10.9 Å². The van der Waals surface area contributed by atoms with Gasteiger partial charge in [0.1, 0.15) is 0 Å². The van der Waals surface area contributed by atoms with Crippen LogP contribution in [-0.4, -0.2) is 79.5 Å². The van der Waals surface area contributed by atoms with E-state index >= 15 is 0 Å². The van der Waals surface area contributed by atoms with E-state index in [0.717, 1.165) is 77.8 Å². The van der Waals surface area contributed by atoms with Crippen LogP contribution in [0.15, 0.2) is 4.99 Å². The molecule has 0 aromatic carbocycles. The van der Waals surface area contributed by atoms with Crippen LogP contribution in [-0.2, 0) is 18.9 Å². The SMILES string of the molecule is CN=C(NCCCCOCCOC)NCCCOCC1CCOC1.I. The van der Waals surface area contributed by atoms with Gasteiger partial charge in [0, 0.05) is 53.0 Å². The lowest BCUT2D eigenvalue weighted by molar-refractivity contribution is 0.0689. The summed E-state index contributed by atoms with van der Waals surface area (Å²) in [4.78, 5) is 4.22. The Morgan fingerprint density at radius 2 is 1.80 bits per heavy atom. The Hall–Kier alpha value is -0.160. The predicted octanol–water partition coefficient (Wildman–Crippen LogP) is 1.66. The zero-order valence-corrected chi connectivity index (χ0v) is 18.1. The minimum absolute atomic E-state index is 0. The van der Waals surface area contributed by atoms with E-state index in [9.17, 15) is 0 Å². The molecule has 2 N–H and O–H groups in total. The van der Waals surface area contributed by atoms with Crippen LogP contribution < -0.4 is 10.6 Å². The van der Waals surface area contributed by atoms with E-state index < -0.39 is 0 Å². The highest BCUT2D eigenvalue weighted by molar-refractivity contribution is 14.0. The highest BCUT2D eigenvalue weighted by Gasteiger charge is 2.15. The maximum Gasteiger partial charge on any atom is 0.190 e. The molecular weight excluding hydrogens is 437 g/mol. The lowest BCUT2D eigenvalue weighted by Gasteiger charge is -2.12. The van der Waals surface area contributed by atoms with Crippen molar-refractivity contribution in [3.63, 3.8) is 0 Å². The average molecular weight is 473 g/mol. The molecule has 0 radical (unpaired) electrons. The molecule has 1 heterocycles. The van der Waals surface area contributed by atoms with Crippen LogP contribution >= 0.6 is 24.0 Å². The van der Waals surface area contributed by atoms with Crippen molar-refractivity contribution < 1.29 is 18.9 Å². The summed E-state index contributed by atoms with van der Waals surface area (Å²) in [5, 5.41) is 6.61. The van der Waals surface area contributed by atoms with E-state index in [1.54, 1.807) is 14.2 Å². The second-order valence-electron chi connectivity index (χ2n) is 5.90. The lowest BCUT2D eigenvalue weighted by atomic mass is 10.1. The number of hydrogen-bond acceptors (Lipinski definition) is 5. The molecule has 0 aromatic heterocycles. The van der Waals surface area contributed by atoms with Crippen molar-refractivity contribution in [2.75, 3.05) is 73.5 Å². The van der Waals surface area contributed by atoms with Crippen LogP contribution in [0, 0.1) is 5.92 Å². The van der Waals surface area contributed by atoms with E-state index in [4.69, 9.17) is 18.9 Å². The Morgan fingerprint density at radius 3 is 2.48 bits per heavy atom. The summed E-state index contributed by atoms with van der Waals surface area (Å²) in [6.07, 6.45) is 4.19. The molecule has 0 spiro atoms. The van der Waals surface area contributed by atoms with Gasteiger partial charge in [0.25, 0.3) is 0 Å². The molecule has 1 saturated heterocycles. The Labute approximate surface area is 169 Å². The summed E-state index contributed by atoms with van der Waals surface area (Å²) >= 11 is 0. The zero-order chi connectivity index (χ0) is 17.3. The first-order valence-corrected chi connectivity index (χ1v) is 9.03. The zero-order valence-electron chi connectivity index (χ0n) is 15.8. The van der Waals surface area contributed by atoms with Gasteiger partial charge in [-0.25, -0.2) is 0 Å². The molecule has 7 nitrogen and oxygen atoms in total. The summed E-state index contributed by atoms with van der Waals surface area (Å²) in [6.45, 7) is 7.20. The number of guanidine groups is 1. The second kappa shape index (κ2) is 18.6. The van der Waals surface area contributed by atoms with Gasteiger partial charge in [-0.05, 0) is 25.7 Å². The van der Waals surface area contributed by atoms with Gasteiger partial charge in [0.2, 0.25) is 0 Å². The van der Waals surface area contributed by atoms with Crippen LogP contribution in [0.2, 0.25) is 0 Å². The molecule has 0 saturated carbocycles. The van der Waals surface area contributed by atoms with Crippen LogP contribution in [0.1, 0.15) is 25.7 Å². The number of aliphatic imine (C=N–C) groups is 1. The van der Waals surface area contributed by atoms with Crippen LogP contribution in [0.4, 0.5) is 0 Å². The van der Waals surface area contributed by atoms with Gasteiger partial charge in [0.15, 0.2) is 5.96 Å². The Balaban J connectivity index is 0.00000576. The van der Waals surface area contributed by atoms with Crippen LogP contribution in [0.25, 0.3) is 0 Å². The normalized spacial score (nSPS) is 17.4. The maximum absolute atomic E-state index is 5.68. The Bertz CT molecular complexity index is 316. The molecule has 1 unspecified atom stereocenters. The Morgan fingerprint density at radius 1 is 1.04 bits per heavy atom. The molecule has 1 atom stereocenters. The van der Waals surface area contributed by atoms with Gasteiger partial charge < -0.3 is 29.6 Å². The number of methoxy groups -OCH3 is 1. The van der Waals surface area contributed by atoms with Gasteiger partial charge in [-0.15, -0.1) is 24.0 Å². The number of nitrogens with one attached hydrogen (secondary N) is 2. The molecule has 0 bridgehead atoms. The first kappa shape index (κ1) is 24.8. The van der Waals surface area contributed by atoms with E-state index in [-0.39, 0.29) is 24.0 Å². The lowest BCUT2D eigenvalue weighted by Crippen LogP contribution is -2.38. The highest BCUT2D eigenvalue weighted by Crippen LogP contribution is 2.12. The summed E-state index contributed by atoms with van der Waals surface area (Å²) in [6, 6.07) is 0. The third-order valence-electron chi connectivity index (χ3n) is 3.80. The fraction of sp³-hybridized carbons (Fsp3) is 0.941. The second-order valence-corrected chi connectivity index (χ2v) is 5.90. The molecule has 1 rings (SSSR count). The summed E-state index contributed by atoms with van der Waals surface area (Å²) < 4.78 is 21.4. The van der Waals surface area contributed by atoms with Crippen LogP contribution in [0.3, 0.4) is 0 Å². The molecule has 0 aromatic rings. The van der Waals surface area contributed by atoms with Crippen molar-refractivity contribution in [1.82, 2.24) is 10.6 Å². The maximum atomic E-state index is 5.68. The van der Waals surface area contributed by atoms with Gasteiger partial charge in [-0.3, -0.25) is 4.99 Å². The largest absolute Gasteiger partial charge is 0.382 e. The van der Waals surface area contributed by atoms with Crippen molar-refractivity contribution in [1.29, 1.82) is 0 Å². The fourth-order valence-electron chi connectivity index (χ4n) is 2.35. The van der Waals surface area contributed by atoms with Crippen molar-refractivity contribution in [3.05, 3.63) is 0 Å². The van der Waals surface area contributed by atoms with Gasteiger partial charge >= 0.3 is 0 Å². The first-order chi connectivity index (χ1) is 11.9. The molecule has 1 aliphatic rings. The number of ether oxygens (including phenoxy) is 4. The summed E-state index contributed by atoms with van der Waals surface area (Å²) in [5.74, 6) is 1.44. The predicted molar refractivity (Wildman–Crippen MR) is 111 cm³/mol. The van der Waals surface area contributed by atoms with Gasteiger partial charge in [-0.2, -0.15) is 0 Å². The number of nitrogens with zero attached hydrogens (tertiary/aromatic N) is 1. The van der Waals surface area contributed by atoms with Crippen LogP contribution in [0.5, 0.6) is 0 Å². The molecule has 1 aliphatic heterocycles. The monoisotopic (exact) mass is 473 g/mol. The fourth-order valence-corrected chi connectivity index (χ4v) is 2.35. The molecule has 0 amide bonds. The van der Waals surface area contributed by atoms with E-state index in [0.29, 0.717) is 19.1 Å². The van der Waals surface area contributed by atoms with Gasteiger partial charge in [-0.1, -0.05) is 0 Å². The van der Waals surface area contributed by atoms with Crippen molar-refractivity contribution in [2.45, 2.75) is 25.7 Å². The summed E-state index contributed by atoms with van der Waals surface area (Å²) in [7, 11) is 3.47. The smallest absolute Gasteiger partial charge is 0.190 e.